The lowest BCUT2D eigenvalue weighted by Crippen LogP contribution is -2.11. The highest BCUT2D eigenvalue weighted by Gasteiger charge is 2.17. The minimum Gasteiger partial charge on any atom is -0.354 e. The second-order valence-corrected chi connectivity index (χ2v) is 8.82. The molecular formula is C18H16FN3O4S2. The maximum Gasteiger partial charge on any atom is 0.271 e. The Morgan fingerprint density at radius 3 is 2.75 bits per heavy atom. The van der Waals surface area contributed by atoms with Crippen LogP contribution in [0.1, 0.15) is 23.3 Å². The van der Waals surface area contributed by atoms with Gasteiger partial charge in [0.15, 0.2) is 5.76 Å². The largest absolute Gasteiger partial charge is 0.354 e. The first-order chi connectivity index (χ1) is 13.2. The lowest BCUT2D eigenvalue weighted by atomic mass is 10.2. The monoisotopic (exact) mass is 421 g/mol. The van der Waals surface area contributed by atoms with Crippen molar-refractivity contribution in [1.29, 1.82) is 0 Å². The van der Waals surface area contributed by atoms with Crippen LogP contribution in [0.5, 0.6) is 0 Å². The van der Waals surface area contributed by atoms with E-state index >= 15 is 0 Å². The van der Waals surface area contributed by atoms with Gasteiger partial charge in [-0.2, -0.15) is 0 Å². The first kappa shape index (κ1) is 19.8. The molecule has 0 bridgehead atoms. The van der Waals surface area contributed by atoms with Crippen molar-refractivity contribution in [3.8, 4) is 0 Å². The van der Waals surface area contributed by atoms with Crippen molar-refractivity contribution >= 4 is 50.8 Å². The second kappa shape index (κ2) is 7.95. The number of aryl methyl sites for hydroxylation is 1. The average molecular weight is 421 g/mol. The van der Waals surface area contributed by atoms with E-state index in [0.29, 0.717) is 22.0 Å². The highest BCUT2D eigenvalue weighted by Crippen LogP contribution is 2.27. The lowest BCUT2D eigenvalue weighted by molar-refractivity contribution is -0.114. The summed E-state index contributed by atoms with van der Waals surface area (Å²) in [4.78, 5) is 11.9. The SMILES string of the molecule is CC(=O)Nc1c(C)noc1C=Cc1ccc(S(=O)(=O)Nc2cccc(F)c2)s1. The van der Waals surface area contributed by atoms with Crippen LogP contribution in [0.4, 0.5) is 15.8 Å². The van der Waals surface area contributed by atoms with Crippen LogP contribution in [-0.2, 0) is 14.8 Å². The van der Waals surface area contributed by atoms with Gasteiger partial charge in [0.1, 0.15) is 21.4 Å². The third-order valence-corrected chi connectivity index (χ3v) is 6.46. The number of halogens is 1. The molecule has 1 amide bonds. The Hall–Kier alpha value is -2.98. The van der Waals surface area contributed by atoms with Crippen LogP contribution in [0.3, 0.4) is 0 Å². The molecule has 3 aromatic rings. The molecule has 7 nitrogen and oxygen atoms in total. The van der Waals surface area contributed by atoms with Crippen LogP contribution < -0.4 is 10.0 Å². The Morgan fingerprint density at radius 2 is 2.04 bits per heavy atom. The number of amides is 1. The van der Waals surface area contributed by atoms with Gasteiger partial charge in [0.25, 0.3) is 10.0 Å². The predicted octanol–water partition coefficient (Wildman–Crippen LogP) is 4.11. The molecule has 0 aliphatic heterocycles. The Kier molecular flexibility index (Phi) is 5.61. The summed E-state index contributed by atoms with van der Waals surface area (Å²) in [7, 11) is -3.84. The van der Waals surface area contributed by atoms with E-state index in [2.05, 4.69) is 15.2 Å². The van der Waals surface area contributed by atoms with Crippen molar-refractivity contribution in [2.75, 3.05) is 10.0 Å². The highest BCUT2D eigenvalue weighted by atomic mass is 32.2. The van der Waals surface area contributed by atoms with Crippen LogP contribution in [0.15, 0.2) is 45.1 Å². The third kappa shape index (κ3) is 4.65. The van der Waals surface area contributed by atoms with Gasteiger partial charge in [-0.25, -0.2) is 12.8 Å². The van der Waals surface area contributed by atoms with Gasteiger partial charge >= 0.3 is 0 Å². The number of sulfonamides is 1. The standard InChI is InChI=1S/C18H16FN3O4S2/c1-11-18(20-12(2)23)16(26-21-11)8-6-15-7-9-17(27-15)28(24,25)22-14-5-3-4-13(19)10-14/h3-10,22H,1-2H3,(H,20,23). The zero-order valence-electron chi connectivity index (χ0n) is 14.9. The van der Waals surface area contributed by atoms with Crippen molar-refractivity contribution in [3.05, 3.63) is 58.5 Å². The number of thiophene rings is 1. The molecule has 3 rings (SSSR count). The first-order valence-electron chi connectivity index (χ1n) is 8.05. The van der Waals surface area contributed by atoms with Gasteiger partial charge in [-0.15, -0.1) is 11.3 Å². The minimum absolute atomic E-state index is 0.0762. The molecule has 146 valence electrons. The number of anilines is 2. The van der Waals surface area contributed by atoms with Crippen LogP contribution in [0.25, 0.3) is 12.2 Å². The van der Waals surface area contributed by atoms with Crippen molar-refractivity contribution < 1.29 is 22.1 Å². The fraction of sp³-hybridized carbons (Fsp3) is 0.111. The highest BCUT2D eigenvalue weighted by molar-refractivity contribution is 7.94. The molecule has 0 atom stereocenters. The average Bonchev–Trinajstić information content (AvgIpc) is 3.21. The van der Waals surface area contributed by atoms with E-state index in [0.717, 1.165) is 17.4 Å². The van der Waals surface area contributed by atoms with Crippen LogP contribution in [0, 0.1) is 12.7 Å². The molecule has 28 heavy (non-hydrogen) atoms. The lowest BCUT2D eigenvalue weighted by Gasteiger charge is -2.05. The Balaban J connectivity index is 1.79. The molecule has 1 aromatic carbocycles. The second-order valence-electron chi connectivity index (χ2n) is 5.79. The maximum absolute atomic E-state index is 13.2. The molecule has 0 fully saturated rings. The summed E-state index contributed by atoms with van der Waals surface area (Å²) < 4.78 is 45.7. The summed E-state index contributed by atoms with van der Waals surface area (Å²) in [6.45, 7) is 3.07. The van der Waals surface area contributed by atoms with Crippen molar-refractivity contribution in [3.63, 3.8) is 0 Å². The molecule has 0 saturated carbocycles. The zero-order valence-corrected chi connectivity index (χ0v) is 16.5. The van der Waals surface area contributed by atoms with E-state index < -0.39 is 15.8 Å². The Morgan fingerprint density at radius 1 is 1.25 bits per heavy atom. The third-order valence-electron chi connectivity index (χ3n) is 3.53. The van der Waals surface area contributed by atoms with E-state index in [9.17, 15) is 17.6 Å². The number of hydrogen-bond donors (Lipinski definition) is 2. The summed E-state index contributed by atoms with van der Waals surface area (Å²) in [5.74, 6) is -0.440. The Bertz CT molecular complexity index is 1150. The Labute approximate surface area is 164 Å². The number of carbonyl (C=O) groups is 1. The molecule has 0 saturated heterocycles. The zero-order chi connectivity index (χ0) is 20.3. The van der Waals surface area contributed by atoms with Crippen molar-refractivity contribution in [2.45, 2.75) is 18.1 Å². The molecule has 0 aliphatic carbocycles. The molecule has 2 heterocycles. The molecule has 0 unspecified atom stereocenters. The molecule has 10 heteroatoms. The summed E-state index contributed by atoms with van der Waals surface area (Å²) in [5.41, 5.74) is 1.13. The predicted molar refractivity (Wildman–Crippen MR) is 106 cm³/mol. The van der Waals surface area contributed by atoms with E-state index in [4.69, 9.17) is 4.52 Å². The normalized spacial score (nSPS) is 11.7. The number of nitrogens with one attached hydrogen (secondary N) is 2. The van der Waals surface area contributed by atoms with Gasteiger partial charge in [-0.3, -0.25) is 9.52 Å². The quantitative estimate of drug-likeness (QED) is 0.624. The number of rotatable bonds is 6. The van der Waals surface area contributed by atoms with Gasteiger partial charge in [0, 0.05) is 11.8 Å². The smallest absolute Gasteiger partial charge is 0.271 e. The van der Waals surface area contributed by atoms with Crippen LogP contribution in [0.2, 0.25) is 0 Å². The van der Waals surface area contributed by atoms with Gasteiger partial charge in [-0.1, -0.05) is 11.2 Å². The number of benzene rings is 1. The topological polar surface area (TPSA) is 101 Å². The molecule has 2 N–H and O–H groups in total. The van der Waals surface area contributed by atoms with E-state index in [-0.39, 0.29) is 15.8 Å². The first-order valence-corrected chi connectivity index (χ1v) is 10.3. The van der Waals surface area contributed by atoms with E-state index in [1.807, 2.05) is 0 Å². The maximum atomic E-state index is 13.2. The summed E-state index contributed by atoms with van der Waals surface area (Å²) in [6.07, 6.45) is 3.24. The number of nitrogens with zero attached hydrogens (tertiary/aromatic N) is 1. The van der Waals surface area contributed by atoms with E-state index in [1.165, 1.54) is 31.2 Å². The fourth-order valence-electron chi connectivity index (χ4n) is 2.31. The molecule has 0 spiro atoms. The van der Waals surface area contributed by atoms with Crippen LogP contribution in [-0.4, -0.2) is 19.5 Å². The van der Waals surface area contributed by atoms with Gasteiger partial charge in [0.05, 0.1) is 5.69 Å². The van der Waals surface area contributed by atoms with Crippen molar-refractivity contribution in [2.24, 2.45) is 0 Å². The van der Waals surface area contributed by atoms with Crippen molar-refractivity contribution in [1.82, 2.24) is 5.16 Å². The molecular weight excluding hydrogens is 405 g/mol. The molecule has 0 aliphatic rings. The summed E-state index contributed by atoms with van der Waals surface area (Å²) >= 11 is 1.03. The van der Waals surface area contributed by atoms with E-state index in [1.54, 1.807) is 25.1 Å². The van der Waals surface area contributed by atoms with Gasteiger partial charge in [0.2, 0.25) is 5.91 Å². The minimum atomic E-state index is -3.84. The number of aromatic nitrogens is 1. The molecule has 0 radical (unpaired) electrons. The summed E-state index contributed by atoms with van der Waals surface area (Å²) in [5, 5.41) is 6.45. The van der Waals surface area contributed by atoms with Crippen LogP contribution >= 0.6 is 11.3 Å². The fourth-order valence-corrected chi connectivity index (χ4v) is 4.59. The summed E-state index contributed by atoms with van der Waals surface area (Å²) in [6, 6.07) is 8.29. The number of hydrogen-bond acceptors (Lipinski definition) is 6. The van der Waals surface area contributed by atoms with Gasteiger partial charge < -0.3 is 9.84 Å². The molecule has 2 aromatic heterocycles. The van der Waals surface area contributed by atoms with Gasteiger partial charge in [-0.05, 0) is 49.4 Å². The number of carbonyl (C=O) groups excluding carboxylic acids is 1.